The van der Waals surface area contributed by atoms with Gasteiger partial charge >= 0.3 is 74.9 Å². The average Bonchev–Trinajstić information content (AvgIpc) is 2.34. The maximum atomic E-state index is 9.99. The summed E-state index contributed by atoms with van der Waals surface area (Å²) in [6.07, 6.45) is -0.691. The van der Waals surface area contributed by atoms with E-state index in [1.807, 2.05) is 0 Å². The Kier molecular flexibility index (Phi) is 10.2. The molecule has 1 heterocycles. The van der Waals surface area contributed by atoms with Crippen LogP contribution in [0.4, 0.5) is 4.79 Å². The molecule has 7 nitrogen and oxygen atoms in total. The molecule has 66 valence electrons. The monoisotopic (exact) mass is 306 g/mol. The number of hydrogen-bond donors (Lipinski definition) is 3. The molecular formula is C5H5CsN2O5. The molecule has 0 aliphatic rings. The van der Waals surface area contributed by atoms with E-state index in [9.17, 15) is 4.79 Å². The van der Waals surface area contributed by atoms with E-state index in [1.54, 1.807) is 0 Å². The van der Waals surface area contributed by atoms with E-state index >= 15 is 0 Å². The van der Waals surface area contributed by atoms with Crippen LogP contribution in [0.1, 0.15) is 10.5 Å². The molecule has 3 N–H and O–H groups in total. The number of rotatable bonds is 1. The summed E-state index contributed by atoms with van der Waals surface area (Å²) < 4.78 is 0. The maximum Gasteiger partial charge on any atom is 1.00 e. The van der Waals surface area contributed by atoms with Gasteiger partial charge in [-0.25, -0.2) is 4.79 Å². The second-order valence-electron chi connectivity index (χ2n) is 1.54. The van der Waals surface area contributed by atoms with Crippen LogP contribution in [-0.4, -0.2) is 32.5 Å². The second kappa shape index (κ2) is 8.59. The SMILES string of the molecule is O=C(O)c1ccn[nH]1.O=C([O-])O.[Cs+]. The van der Waals surface area contributed by atoms with E-state index in [4.69, 9.17) is 20.1 Å². The predicted molar refractivity (Wildman–Crippen MR) is 33.6 cm³/mol. The minimum Gasteiger partial charge on any atom is -0.565 e. The summed E-state index contributed by atoms with van der Waals surface area (Å²) in [6.45, 7) is 0. The molecule has 8 heteroatoms. The van der Waals surface area contributed by atoms with Crippen molar-refractivity contribution >= 4 is 12.1 Å². The van der Waals surface area contributed by atoms with Crippen molar-refractivity contribution in [2.75, 3.05) is 0 Å². The number of carbonyl (C=O) groups is 2. The Bertz CT molecular complexity index is 256. The molecule has 0 aliphatic carbocycles. The van der Waals surface area contributed by atoms with Crippen molar-refractivity contribution in [3.05, 3.63) is 18.0 Å². The first-order chi connectivity index (χ1) is 5.54. The molecule has 1 aromatic heterocycles. The molecular weight excluding hydrogens is 301 g/mol. The average molecular weight is 306 g/mol. The number of nitrogens with one attached hydrogen (secondary N) is 1. The van der Waals surface area contributed by atoms with Gasteiger partial charge in [-0.15, -0.1) is 0 Å². The van der Waals surface area contributed by atoms with Gasteiger partial charge in [0.15, 0.2) is 0 Å². The van der Waals surface area contributed by atoms with Crippen molar-refractivity contribution in [2.45, 2.75) is 0 Å². The Morgan fingerprint density at radius 3 is 2.08 bits per heavy atom. The van der Waals surface area contributed by atoms with Gasteiger partial charge in [-0.2, -0.15) is 5.10 Å². The van der Waals surface area contributed by atoms with Crippen molar-refractivity contribution in [3.63, 3.8) is 0 Å². The zero-order chi connectivity index (χ0) is 9.56. The Morgan fingerprint density at radius 2 is 1.92 bits per heavy atom. The summed E-state index contributed by atoms with van der Waals surface area (Å²) in [6, 6.07) is 1.39. The Balaban J connectivity index is 0. The van der Waals surface area contributed by atoms with Crippen LogP contribution >= 0.6 is 0 Å². The number of aromatic amines is 1. The van der Waals surface area contributed by atoms with Crippen LogP contribution in [0, 0.1) is 0 Å². The van der Waals surface area contributed by atoms with Crippen LogP contribution < -0.4 is 74.0 Å². The van der Waals surface area contributed by atoms with Crippen LogP contribution in [0.2, 0.25) is 0 Å². The standard InChI is InChI=1S/C4H4N2O2.CH2O3.Cs/c7-4(8)3-1-2-5-6-3;2-1(3)4;/h1-2H,(H,5,6)(H,7,8);(H2,2,3,4);/q;;+1/p-1. The molecule has 1 rings (SSSR count). The van der Waals surface area contributed by atoms with E-state index in [1.165, 1.54) is 12.3 Å². The molecule has 0 aromatic carbocycles. The molecule has 0 saturated carbocycles. The molecule has 0 saturated heterocycles. The molecule has 0 fully saturated rings. The predicted octanol–water partition coefficient (Wildman–Crippen LogP) is -4.00. The smallest absolute Gasteiger partial charge is 0.565 e. The number of hydrogen-bond acceptors (Lipinski definition) is 4. The van der Waals surface area contributed by atoms with Gasteiger partial charge < -0.3 is 20.1 Å². The van der Waals surface area contributed by atoms with Gasteiger partial charge in [0, 0.05) is 6.20 Å². The molecule has 0 radical (unpaired) electrons. The number of aromatic nitrogens is 2. The van der Waals surface area contributed by atoms with Gasteiger partial charge in [0.25, 0.3) is 0 Å². The number of H-pyrrole nitrogens is 1. The summed E-state index contributed by atoms with van der Waals surface area (Å²) in [7, 11) is 0. The molecule has 0 aliphatic heterocycles. The van der Waals surface area contributed by atoms with E-state index in [0.717, 1.165) is 0 Å². The fraction of sp³-hybridized carbons (Fsp3) is 0. The van der Waals surface area contributed by atoms with Gasteiger partial charge in [-0.05, 0) is 6.07 Å². The summed E-state index contributed by atoms with van der Waals surface area (Å²) in [5.74, 6) is -0.984. The molecule has 0 bridgehead atoms. The topological polar surface area (TPSA) is 126 Å². The third-order valence-electron chi connectivity index (χ3n) is 0.731. The second-order valence-corrected chi connectivity index (χ2v) is 1.54. The van der Waals surface area contributed by atoms with E-state index in [0.29, 0.717) is 0 Å². The van der Waals surface area contributed by atoms with Crippen LogP contribution in [0.15, 0.2) is 12.3 Å². The van der Waals surface area contributed by atoms with E-state index < -0.39 is 12.1 Å². The molecule has 0 atom stereocenters. The Morgan fingerprint density at radius 1 is 1.46 bits per heavy atom. The zero-order valence-corrected chi connectivity index (χ0v) is 13.0. The molecule has 0 unspecified atom stereocenters. The molecule has 13 heavy (non-hydrogen) atoms. The first kappa shape index (κ1) is 15.5. The summed E-state index contributed by atoms with van der Waals surface area (Å²) in [5.41, 5.74) is 0.116. The normalized spacial score (nSPS) is 7.38. The zero-order valence-electron chi connectivity index (χ0n) is 6.72. The third kappa shape index (κ3) is 9.92. The van der Waals surface area contributed by atoms with E-state index in [-0.39, 0.29) is 74.6 Å². The third-order valence-corrected chi connectivity index (χ3v) is 0.731. The summed E-state index contributed by atoms with van der Waals surface area (Å²) in [4.78, 5) is 18.4. The number of aromatic carboxylic acids is 1. The largest absolute Gasteiger partial charge is 1.00 e. The van der Waals surface area contributed by atoms with Crippen LogP contribution in [0.25, 0.3) is 0 Å². The van der Waals surface area contributed by atoms with Gasteiger partial charge in [0.2, 0.25) is 6.16 Å². The van der Waals surface area contributed by atoms with Gasteiger partial charge in [0.05, 0.1) is 0 Å². The summed E-state index contributed by atoms with van der Waals surface area (Å²) in [5, 5.41) is 29.2. The first-order valence-corrected chi connectivity index (χ1v) is 2.66. The minimum atomic E-state index is -2.08. The quantitative estimate of drug-likeness (QED) is 0.485. The molecule has 0 spiro atoms. The fourth-order valence-corrected chi connectivity index (χ4v) is 0.375. The number of nitrogens with zero attached hydrogens (tertiary/aromatic N) is 1. The fourth-order valence-electron chi connectivity index (χ4n) is 0.375. The summed E-state index contributed by atoms with van der Waals surface area (Å²) >= 11 is 0. The Labute approximate surface area is 132 Å². The van der Waals surface area contributed by atoms with Crippen LogP contribution in [-0.2, 0) is 0 Å². The van der Waals surface area contributed by atoms with Crippen LogP contribution in [0.3, 0.4) is 0 Å². The molecule has 1 aromatic rings. The van der Waals surface area contributed by atoms with Crippen molar-refractivity contribution in [1.82, 2.24) is 10.2 Å². The minimum absolute atomic E-state index is 0. The van der Waals surface area contributed by atoms with Crippen LogP contribution in [0.5, 0.6) is 0 Å². The first-order valence-electron chi connectivity index (χ1n) is 2.66. The van der Waals surface area contributed by atoms with Gasteiger partial charge in [0.1, 0.15) is 5.69 Å². The van der Waals surface area contributed by atoms with Crippen molar-refractivity contribution in [2.24, 2.45) is 0 Å². The van der Waals surface area contributed by atoms with E-state index in [2.05, 4.69) is 10.2 Å². The van der Waals surface area contributed by atoms with Crippen molar-refractivity contribution < 1.29 is 93.8 Å². The number of carboxylic acid groups (broad SMARTS) is 3. The molecule has 0 amide bonds. The Hall–Kier alpha value is 0.00195. The van der Waals surface area contributed by atoms with Gasteiger partial charge in [-0.3, -0.25) is 5.10 Å². The van der Waals surface area contributed by atoms with Gasteiger partial charge in [-0.1, -0.05) is 0 Å². The maximum absolute atomic E-state index is 9.99. The number of carboxylic acids is 1. The van der Waals surface area contributed by atoms with Crippen molar-refractivity contribution in [1.29, 1.82) is 0 Å². The van der Waals surface area contributed by atoms with Crippen molar-refractivity contribution in [3.8, 4) is 0 Å².